The zero-order valence-corrected chi connectivity index (χ0v) is 13.9. The van der Waals surface area contributed by atoms with Crippen LogP contribution in [0.5, 0.6) is 0 Å². The number of piperidine rings is 1. The Morgan fingerprint density at radius 2 is 2.15 bits per heavy atom. The monoisotopic (exact) mass is 316 g/mol. The predicted octanol–water partition coefficient (Wildman–Crippen LogP) is 3.14. The maximum atomic E-state index is 10.1. The molecule has 0 bridgehead atoms. The number of hydrogen-bond donors (Lipinski definition) is 2. The highest BCUT2D eigenvalue weighted by molar-refractivity contribution is 7.16. The molecular formula is C15H25ClN2OS. The third-order valence-electron chi connectivity index (χ3n) is 4.03. The van der Waals surface area contributed by atoms with E-state index in [2.05, 4.69) is 24.1 Å². The lowest BCUT2D eigenvalue weighted by Gasteiger charge is -2.31. The fourth-order valence-electron chi connectivity index (χ4n) is 2.58. The number of nitrogens with one attached hydrogen (secondary N) is 1. The van der Waals surface area contributed by atoms with Crippen LogP contribution in [0.3, 0.4) is 0 Å². The van der Waals surface area contributed by atoms with Crippen LogP contribution in [0, 0.1) is 5.92 Å². The molecule has 1 saturated heterocycles. The Labute approximate surface area is 130 Å². The third-order valence-corrected chi connectivity index (χ3v) is 5.44. The summed E-state index contributed by atoms with van der Waals surface area (Å²) in [4.78, 5) is 3.59. The summed E-state index contributed by atoms with van der Waals surface area (Å²) in [5, 5.41) is 13.5. The van der Waals surface area contributed by atoms with Crippen molar-refractivity contribution >= 4 is 22.9 Å². The van der Waals surface area contributed by atoms with Crippen LogP contribution in [0.4, 0.5) is 0 Å². The number of likely N-dealkylation sites (tertiary alicyclic amines) is 1. The van der Waals surface area contributed by atoms with E-state index in [0.717, 1.165) is 29.9 Å². The number of nitrogens with zero attached hydrogens (tertiary/aromatic N) is 1. The van der Waals surface area contributed by atoms with Gasteiger partial charge in [0.1, 0.15) is 0 Å². The fraction of sp³-hybridized carbons (Fsp3) is 0.733. The standard InChI is InChI=1S/C15H25ClN2OS/c1-11-5-7-18(8-6-11)10-13(19)9-17-12(2)14-3-4-15(16)20-14/h3-4,11-13,17,19H,5-10H2,1-2H3. The molecule has 1 aromatic heterocycles. The summed E-state index contributed by atoms with van der Waals surface area (Å²) in [6, 6.07) is 4.21. The number of rotatable bonds is 6. The summed E-state index contributed by atoms with van der Waals surface area (Å²) in [6.07, 6.45) is 2.20. The first-order valence-corrected chi connectivity index (χ1v) is 8.63. The number of β-amino-alcohol motifs (C(OH)–C–C–N with tert-alkyl or cyclic N) is 1. The van der Waals surface area contributed by atoms with E-state index >= 15 is 0 Å². The molecule has 1 aliphatic rings. The highest BCUT2D eigenvalue weighted by Gasteiger charge is 2.18. The SMILES string of the molecule is CC1CCN(CC(O)CNC(C)c2ccc(Cl)s2)CC1. The van der Waals surface area contributed by atoms with Gasteiger partial charge in [0.25, 0.3) is 0 Å². The number of halogens is 1. The van der Waals surface area contributed by atoms with Crippen LogP contribution in [0.1, 0.15) is 37.6 Å². The second kappa shape index (κ2) is 7.76. The molecule has 5 heteroatoms. The van der Waals surface area contributed by atoms with Crippen LogP contribution in [-0.4, -0.2) is 42.3 Å². The van der Waals surface area contributed by atoms with E-state index in [1.54, 1.807) is 11.3 Å². The van der Waals surface area contributed by atoms with E-state index in [1.165, 1.54) is 17.7 Å². The Kier molecular flexibility index (Phi) is 6.30. The van der Waals surface area contributed by atoms with Crippen molar-refractivity contribution in [1.82, 2.24) is 10.2 Å². The van der Waals surface area contributed by atoms with Gasteiger partial charge in [0.15, 0.2) is 0 Å². The maximum Gasteiger partial charge on any atom is 0.0931 e. The highest BCUT2D eigenvalue weighted by atomic mass is 35.5. The molecule has 0 saturated carbocycles. The topological polar surface area (TPSA) is 35.5 Å². The summed E-state index contributed by atoms with van der Waals surface area (Å²) < 4.78 is 0.816. The van der Waals surface area contributed by atoms with Crippen LogP contribution in [0.2, 0.25) is 4.34 Å². The van der Waals surface area contributed by atoms with Gasteiger partial charge in [0.2, 0.25) is 0 Å². The predicted molar refractivity (Wildman–Crippen MR) is 86.6 cm³/mol. The minimum Gasteiger partial charge on any atom is -0.390 e. The number of aliphatic hydroxyl groups excluding tert-OH is 1. The van der Waals surface area contributed by atoms with Gasteiger partial charge in [0, 0.05) is 24.0 Å². The van der Waals surface area contributed by atoms with Gasteiger partial charge in [-0.3, -0.25) is 0 Å². The van der Waals surface area contributed by atoms with E-state index in [-0.39, 0.29) is 12.1 Å². The average Bonchev–Trinajstić information content (AvgIpc) is 2.85. The molecule has 0 spiro atoms. The zero-order valence-electron chi connectivity index (χ0n) is 12.3. The Hall–Kier alpha value is -0.130. The summed E-state index contributed by atoms with van der Waals surface area (Å²) in [7, 11) is 0. The van der Waals surface area contributed by atoms with Gasteiger partial charge in [-0.05, 0) is 50.9 Å². The van der Waals surface area contributed by atoms with Gasteiger partial charge < -0.3 is 15.3 Å². The van der Waals surface area contributed by atoms with Crippen LogP contribution in [0.25, 0.3) is 0 Å². The molecular weight excluding hydrogens is 292 g/mol. The van der Waals surface area contributed by atoms with E-state index in [4.69, 9.17) is 11.6 Å². The highest BCUT2D eigenvalue weighted by Crippen LogP contribution is 2.26. The summed E-state index contributed by atoms with van der Waals surface area (Å²) in [6.45, 7) is 8.06. The molecule has 1 fully saturated rings. The third kappa shape index (κ3) is 5.01. The molecule has 0 aliphatic carbocycles. The van der Waals surface area contributed by atoms with E-state index in [9.17, 15) is 5.11 Å². The van der Waals surface area contributed by atoms with Crippen molar-refractivity contribution < 1.29 is 5.11 Å². The van der Waals surface area contributed by atoms with Crippen LogP contribution >= 0.6 is 22.9 Å². The van der Waals surface area contributed by atoms with Gasteiger partial charge in [-0.25, -0.2) is 0 Å². The zero-order chi connectivity index (χ0) is 14.5. The molecule has 3 nitrogen and oxygen atoms in total. The Balaban J connectivity index is 1.68. The van der Waals surface area contributed by atoms with Crippen molar-refractivity contribution in [3.8, 4) is 0 Å². The molecule has 0 aromatic carbocycles. The van der Waals surface area contributed by atoms with Gasteiger partial charge in [0.05, 0.1) is 10.4 Å². The van der Waals surface area contributed by atoms with E-state index < -0.39 is 0 Å². The van der Waals surface area contributed by atoms with E-state index in [1.807, 2.05) is 12.1 Å². The fourth-order valence-corrected chi connectivity index (χ4v) is 3.67. The van der Waals surface area contributed by atoms with Crippen LogP contribution in [0.15, 0.2) is 12.1 Å². The summed E-state index contributed by atoms with van der Waals surface area (Å²) in [5.41, 5.74) is 0. The Bertz CT molecular complexity index is 404. The van der Waals surface area contributed by atoms with Gasteiger partial charge >= 0.3 is 0 Å². The molecule has 0 amide bonds. The second-order valence-corrected chi connectivity index (χ2v) is 7.66. The minimum atomic E-state index is -0.304. The molecule has 2 N–H and O–H groups in total. The number of thiophene rings is 1. The molecule has 2 rings (SSSR count). The molecule has 20 heavy (non-hydrogen) atoms. The summed E-state index contributed by atoms with van der Waals surface area (Å²) >= 11 is 7.54. The quantitative estimate of drug-likeness (QED) is 0.846. The van der Waals surface area contributed by atoms with E-state index in [0.29, 0.717) is 6.54 Å². The summed E-state index contributed by atoms with van der Waals surface area (Å²) in [5.74, 6) is 0.838. The largest absolute Gasteiger partial charge is 0.390 e. The Morgan fingerprint density at radius 1 is 1.45 bits per heavy atom. The van der Waals surface area contributed by atoms with Crippen molar-refractivity contribution in [2.75, 3.05) is 26.2 Å². The Morgan fingerprint density at radius 3 is 2.75 bits per heavy atom. The normalized spacial score (nSPS) is 21.0. The first-order chi connectivity index (χ1) is 9.54. The van der Waals surface area contributed by atoms with Crippen molar-refractivity contribution in [1.29, 1.82) is 0 Å². The molecule has 114 valence electrons. The number of aliphatic hydroxyl groups is 1. The van der Waals surface area contributed by atoms with Crippen molar-refractivity contribution in [3.05, 3.63) is 21.3 Å². The average molecular weight is 317 g/mol. The van der Waals surface area contributed by atoms with Crippen LogP contribution < -0.4 is 5.32 Å². The lowest BCUT2D eigenvalue weighted by molar-refractivity contribution is 0.0893. The minimum absolute atomic E-state index is 0.239. The molecule has 2 heterocycles. The van der Waals surface area contributed by atoms with Crippen molar-refractivity contribution in [3.63, 3.8) is 0 Å². The van der Waals surface area contributed by atoms with Gasteiger partial charge in [-0.2, -0.15) is 0 Å². The second-order valence-electron chi connectivity index (χ2n) is 5.91. The molecule has 1 aliphatic heterocycles. The first-order valence-electron chi connectivity index (χ1n) is 7.43. The lowest BCUT2D eigenvalue weighted by atomic mass is 9.99. The van der Waals surface area contributed by atoms with Crippen molar-refractivity contribution in [2.24, 2.45) is 5.92 Å². The first kappa shape index (κ1) is 16.2. The lowest BCUT2D eigenvalue weighted by Crippen LogP contribution is -2.42. The van der Waals surface area contributed by atoms with Gasteiger partial charge in [-0.15, -0.1) is 11.3 Å². The maximum absolute atomic E-state index is 10.1. The molecule has 1 aromatic rings. The smallest absolute Gasteiger partial charge is 0.0931 e. The molecule has 0 radical (unpaired) electrons. The van der Waals surface area contributed by atoms with Crippen molar-refractivity contribution in [2.45, 2.75) is 38.8 Å². The number of hydrogen-bond acceptors (Lipinski definition) is 4. The molecule has 2 unspecified atom stereocenters. The van der Waals surface area contributed by atoms with Crippen LogP contribution in [-0.2, 0) is 0 Å². The van der Waals surface area contributed by atoms with Gasteiger partial charge in [-0.1, -0.05) is 18.5 Å². The molecule has 2 atom stereocenters.